The molecule has 0 spiro atoms. The van der Waals surface area contributed by atoms with E-state index in [0.717, 1.165) is 13.4 Å². The monoisotopic (exact) mass is 436 g/mol. The molecule has 2 rings (SSSR count). The van der Waals surface area contributed by atoms with Gasteiger partial charge in [0.1, 0.15) is 11.4 Å². The maximum atomic E-state index is 12.0. The van der Waals surface area contributed by atoms with Crippen LogP contribution in [-0.2, 0) is 0 Å². The van der Waals surface area contributed by atoms with E-state index in [1.54, 1.807) is 0 Å². The number of rotatable bonds is 2. The largest absolute Gasteiger partial charge is 0.383 e. The molecule has 2 aromatic rings. The fraction of sp³-hybridized carbons (Fsp3) is 0. The summed E-state index contributed by atoms with van der Waals surface area (Å²) in [5.41, 5.74) is 6.52. The smallest absolute Gasteiger partial charge is 0.261 e. The van der Waals surface area contributed by atoms with Crippen molar-refractivity contribution < 1.29 is 4.79 Å². The Bertz CT molecular complexity index is 588. The quantitative estimate of drug-likeness (QED) is 0.670. The van der Waals surface area contributed by atoms with Crippen molar-refractivity contribution >= 4 is 65.2 Å². The molecule has 5 nitrogen and oxygen atoms in total. The summed E-state index contributed by atoms with van der Waals surface area (Å²) in [5, 5.41) is 8.97. The molecule has 0 unspecified atom stereocenters. The first-order valence-corrected chi connectivity index (χ1v) is 7.11. The average Bonchev–Trinajstić information content (AvgIpc) is 2.69. The minimum Gasteiger partial charge on any atom is -0.383 e. The highest BCUT2D eigenvalue weighted by molar-refractivity contribution is 9.11. The van der Waals surface area contributed by atoms with E-state index in [0.29, 0.717) is 11.3 Å². The first kappa shape index (κ1) is 13.6. The van der Waals surface area contributed by atoms with Crippen LogP contribution in [0.1, 0.15) is 10.4 Å². The number of benzene rings is 1. The lowest BCUT2D eigenvalue weighted by Crippen LogP contribution is -2.13. The van der Waals surface area contributed by atoms with E-state index in [-0.39, 0.29) is 11.7 Å². The van der Waals surface area contributed by atoms with Crippen LogP contribution in [0.25, 0.3) is 0 Å². The molecule has 0 saturated carbocycles. The molecule has 1 aromatic carbocycles. The van der Waals surface area contributed by atoms with Gasteiger partial charge in [-0.1, -0.05) is 15.9 Å². The lowest BCUT2D eigenvalue weighted by molar-refractivity contribution is 0.102. The predicted octanol–water partition coefficient (Wildman–Crippen LogP) is 3.53. The summed E-state index contributed by atoms with van der Waals surface area (Å²) in [7, 11) is 0. The number of hydrogen-bond donors (Lipinski definition) is 3. The number of hydrogen-bond acceptors (Lipinski definition) is 3. The van der Waals surface area contributed by atoms with Crippen LogP contribution >= 0.6 is 47.8 Å². The lowest BCUT2D eigenvalue weighted by Gasteiger charge is -2.09. The van der Waals surface area contributed by atoms with Gasteiger partial charge in [-0.05, 0) is 44.0 Å². The maximum Gasteiger partial charge on any atom is 0.261 e. The molecule has 0 aliphatic heterocycles. The Kier molecular flexibility index (Phi) is 4.08. The van der Waals surface area contributed by atoms with Crippen molar-refractivity contribution in [2.24, 2.45) is 0 Å². The molecule has 1 amide bonds. The fourth-order valence-electron chi connectivity index (χ4n) is 1.32. The van der Waals surface area contributed by atoms with Gasteiger partial charge >= 0.3 is 0 Å². The zero-order valence-corrected chi connectivity index (χ0v) is 13.6. The third-order valence-electron chi connectivity index (χ3n) is 2.16. The van der Waals surface area contributed by atoms with E-state index in [2.05, 4.69) is 63.3 Å². The first-order chi connectivity index (χ1) is 8.49. The summed E-state index contributed by atoms with van der Waals surface area (Å²) >= 11 is 10.1. The molecule has 0 fully saturated rings. The molecule has 0 aliphatic rings. The van der Waals surface area contributed by atoms with Crippen LogP contribution < -0.4 is 11.1 Å². The summed E-state index contributed by atoms with van der Waals surface area (Å²) in [4.78, 5) is 12.0. The predicted molar refractivity (Wildman–Crippen MR) is 80.5 cm³/mol. The number of amides is 1. The standard InChI is InChI=1S/C10H7Br3N4O/c11-4-1-6(12)8(7(13)2-4)16-10(18)5-3-15-17-9(5)14/h1-3H,(H,16,18)(H3,14,15,17). The zero-order valence-electron chi connectivity index (χ0n) is 8.80. The summed E-state index contributed by atoms with van der Waals surface area (Å²) < 4.78 is 2.39. The second kappa shape index (κ2) is 5.41. The van der Waals surface area contributed by atoms with Gasteiger partial charge in [0.15, 0.2) is 0 Å². The Morgan fingerprint density at radius 1 is 1.28 bits per heavy atom. The number of aromatic amines is 1. The van der Waals surface area contributed by atoms with E-state index >= 15 is 0 Å². The van der Waals surface area contributed by atoms with Gasteiger partial charge in [0.25, 0.3) is 5.91 Å². The minimum absolute atomic E-state index is 0.233. The van der Waals surface area contributed by atoms with Crippen molar-refractivity contribution in [2.45, 2.75) is 0 Å². The molecule has 0 atom stereocenters. The molecule has 94 valence electrons. The summed E-state index contributed by atoms with van der Waals surface area (Å²) in [6.45, 7) is 0. The van der Waals surface area contributed by atoms with Gasteiger partial charge in [-0.3, -0.25) is 9.89 Å². The number of halogens is 3. The van der Waals surface area contributed by atoms with Crippen molar-refractivity contribution in [3.05, 3.63) is 37.3 Å². The van der Waals surface area contributed by atoms with Crippen LogP contribution in [0, 0.1) is 0 Å². The molecule has 0 radical (unpaired) electrons. The average molecular weight is 439 g/mol. The Balaban J connectivity index is 2.31. The zero-order chi connectivity index (χ0) is 13.3. The van der Waals surface area contributed by atoms with Crippen molar-refractivity contribution in [2.75, 3.05) is 11.1 Å². The van der Waals surface area contributed by atoms with Gasteiger partial charge in [-0.15, -0.1) is 0 Å². The number of H-pyrrole nitrogens is 1. The van der Waals surface area contributed by atoms with Gasteiger partial charge in [0.05, 0.1) is 11.9 Å². The third-order valence-corrected chi connectivity index (χ3v) is 3.87. The number of carbonyl (C=O) groups is 1. The first-order valence-electron chi connectivity index (χ1n) is 4.73. The Morgan fingerprint density at radius 3 is 2.39 bits per heavy atom. The molecule has 0 saturated heterocycles. The topological polar surface area (TPSA) is 83.8 Å². The van der Waals surface area contributed by atoms with Gasteiger partial charge in [-0.25, -0.2) is 0 Å². The molecule has 0 aliphatic carbocycles. The van der Waals surface area contributed by atoms with Crippen LogP contribution in [0.4, 0.5) is 11.5 Å². The second-order valence-corrected chi connectivity index (χ2v) is 6.02. The molecule has 0 bridgehead atoms. The van der Waals surface area contributed by atoms with Gasteiger partial charge < -0.3 is 11.1 Å². The van der Waals surface area contributed by atoms with E-state index in [1.165, 1.54) is 6.20 Å². The maximum absolute atomic E-state index is 12.0. The molecule has 1 aromatic heterocycles. The highest BCUT2D eigenvalue weighted by atomic mass is 79.9. The molecular formula is C10H7Br3N4O. The van der Waals surface area contributed by atoms with Gasteiger partial charge in [-0.2, -0.15) is 5.10 Å². The van der Waals surface area contributed by atoms with Crippen molar-refractivity contribution in [1.29, 1.82) is 0 Å². The van der Waals surface area contributed by atoms with Crippen LogP contribution in [-0.4, -0.2) is 16.1 Å². The van der Waals surface area contributed by atoms with Crippen LogP contribution in [0.2, 0.25) is 0 Å². The molecule has 4 N–H and O–H groups in total. The van der Waals surface area contributed by atoms with E-state index in [4.69, 9.17) is 5.73 Å². The van der Waals surface area contributed by atoms with E-state index < -0.39 is 0 Å². The van der Waals surface area contributed by atoms with E-state index in [1.807, 2.05) is 12.1 Å². The molecular weight excluding hydrogens is 432 g/mol. The molecule has 18 heavy (non-hydrogen) atoms. The number of aromatic nitrogens is 2. The summed E-state index contributed by atoms with van der Waals surface area (Å²) in [6.07, 6.45) is 1.38. The van der Waals surface area contributed by atoms with E-state index in [9.17, 15) is 4.79 Å². The Labute approximate surface area is 128 Å². The number of nitrogens with two attached hydrogens (primary N) is 1. The number of nitrogens with zero attached hydrogens (tertiary/aromatic N) is 1. The van der Waals surface area contributed by atoms with Crippen LogP contribution in [0.5, 0.6) is 0 Å². The van der Waals surface area contributed by atoms with Crippen LogP contribution in [0.15, 0.2) is 31.7 Å². The molecule has 1 heterocycles. The Morgan fingerprint density at radius 2 is 1.89 bits per heavy atom. The SMILES string of the molecule is Nc1[nH]ncc1C(=O)Nc1c(Br)cc(Br)cc1Br. The number of nitrogens with one attached hydrogen (secondary N) is 2. The highest BCUT2D eigenvalue weighted by Gasteiger charge is 2.15. The van der Waals surface area contributed by atoms with Crippen molar-refractivity contribution in [3.63, 3.8) is 0 Å². The number of carbonyl (C=O) groups excluding carboxylic acids is 1. The number of nitrogen functional groups attached to an aromatic ring is 1. The molecule has 8 heteroatoms. The van der Waals surface area contributed by atoms with Gasteiger partial charge in [0.2, 0.25) is 0 Å². The van der Waals surface area contributed by atoms with Crippen LogP contribution in [0.3, 0.4) is 0 Å². The second-order valence-electron chi connectivity index (χ2n) is 3.40. The summed E-state index contributed by atoms with van der Waals surface area (Å²) in [6, 6.07) is 3.66. The summed E-state index contributed by atoms with van der Waals surface area (Å²) in [5.74, 6) is -0.0955. The highest BCUT2D eigenvalue weighted by Crippen LogP contribution is 2.34. The van der Waals surface area contributed by atoms with Crippen molar-refractivity contribution in [1.82, 2.24) is 10.2 Å². The lowest BCUT2D eigenvalue weighted by atomic mass is 10.2. The number of anilines is 2. The Hall–Kier alpha value is -0.860. The van der Waals surface area contributed by atoms with Gasteiger partial charge in [0, 0.05) is 13.4 Å². The van der Waals surface area contributed by atoms with Crippen molar-refractivity contribution in [3.8, 4) is 0 Å². The fourth-order valence-corrected chi connectivity index (χ4v) is 3.78. The third kappa shape index (κ3) is 2.76. The normalized spacial score (nSPS) is 10.4. The minimum atomic E-state index is -0.329.